The molecule has 0 aliphatic carbocycles. The van der Waals surface area contributed by atoms with E-state index in [1.54, 1.807) is 0 Å². The Kier molecular flexibility index (Phi) is 6.38. The van der Waals surface area contributed by atoms with E-state index in [4.69, 9.17) is 0 Å². The van der Waals surface area contributed by atoms with Crippen molar-refractivity contribution in [2.45, 2.75) is 31.7 Å². The fourth-order valence-corrected chi connectivity index (χ4v) is 4.07. The Bertz CT molecular complexity index is 861. The van der Waals surface area contributed by atoms with Crippen LogP contribution in [0.25, 0.3) is 0 Å². The quantitative estimate of drug-likeness (QED) is 0.613. The summed E-state index contributed by atoms with van der Waals surface area (Å²) in [6.45, 7) is 3.37. The summed E-state index contributed by atoms with van der Waals surface area (Å²) in [7, 11) is 0. The summed E-state index contributed by atoms with van der Waals surface area (Å²) in [5.74, 6) is -0.336. The van der Waals surface area contributed by atoms with Crippen LogP contribution in [0.5, 0.6) is 0 Å². The summed E-state index contributed by atoms with van der Waals surface area (Å²) >= 11 is 0. The predicted molar refractivity (Wildman–Crippen MR) is 119 cm³/mol. The number of nitrogens with one attached hydrogen (secondary N) is 1. The molecule has 1 fully saturated rings. The van der Waals surface area contributed by atoms with Gasteiger partial charge in [-0.25, -0.2) is 0 Å². The SMILES string of the molecule is O=C(Nc1ccc(CN2CCCCC2)cc1)C(c1ccccc1)c1ccccc1. The lowest BCUT2D eigenvalue weighted by molar-refractivity contribution is -0.116. The molecule has 3 aromatic rings. The van der Waals surface area contributed by atoms with Crippen LogP contribution in [0.2, 0.25) is 0 Å². The number of carbonyl (C=O) groups is 1. The van der Waals surface area contributed by atoms with Crippen LogP contribution < -0.4 is 5.32 Å². The van der Waals surface area contributed by atoms with Crippen molar-refractivity contribution in [3.63, 3.8) is 0 Å². The smallest absolute Gasteiger partial charge is 0.236 e. The van der Waals surface area contributed by atoms with Gasteiger partial charge in [0.1, 0.15) is 0 Å². The molecule has 0 bridgehead atoms. The van der Waals surface area contributed by atoms with Crippen LogP contribution in [0.15, 0.2) is 84.9 Å². The maximum Gasteiger partial charge on any atom is 0.236 e. The normalized spacial score (nSPS) is 14.7. The van der Waals surface area contributed by atoms with Crippen LogP contribution >= 0.6 is 0 Å². The molecule has 0 radical (unpaired) electrons. The number of anilines is 1. The summed E-state index contributed by atoms with van der Waals surface area (Å²) in [5.41, 5.74) is 4.14. The van der Waals surface area contributed by atoms with Gasteiger partial charge in [-0.2, -0.15) is 0 Å². The average Bonchev–Trinajstić information content (AvgIpc) is 2.78. The molecule has 1 aliphatic heterocycles. The predicted octanol–water partition coefficient (Wildman–Crippen LogP) is 5.44. The van der Waals surface area contributed by atoms with E-state index in [0.717, 1.165) is 23.4 Å². The minimum atomic E-state index is -0.328. The second kappa shape index (κ2) is 9.53. The lowest BCUT2D eigenvalue weighted by Gasteiger charge is -2.26. The van der Waals surface area contributed by atoms with Crippen LogP contribution in [0.1, 0.15) is 41.9 Å². The molecule has 0 spiro atoms. The number of hydrogen-bond acceptors (Lipinski definition) is 2. The molecule has 1 heterocycles. The number of nitrogens with zero attached hydrogens (tertiary/aromatic N) is 1. The minimum Gasteiger partial charge on any atom is -0.325 e. The Hall–Kier alpha value is -2.91. The molecule has 0 unspecified atom stereocenters. The maximum atomic E-state index is 13.2. The molecule has 1 aliphatic rings. The molecule has 3 nitrogen and oxygen atoms in total. The fraction of sp³-hybridized carbons (Fsp3) is 0.269. The highest BCUT2D eigenvalue weighted by molar-refractivity contribution is 5.98. The number of amides is 1. The van der Waals surface area contributed by atoms with E-state index in [1.807, 2.05) is 72.8 Å². The zero-order valence-corrected chi connectivity index (χ0v) is 16.8. The van der Waals surface area contributed by atoms with Crippen LogP contribution in [0, 0.1) is 0 Å². The van der Waals surface area contributed by atoms with Crippen molar-refractivity contribution in [3.05, 3.63) is 102 Å². The van der Waals surface area contributed by atoms with Crippen LogP contribution in [0.4, 0.5) is 5.69 Å². The summed E-state index contributed by atoms with van der Waals surface area (Å²) in [4.78, 5) is 15.7. The van der Waals surface area contributed by atoms with E-state index in [9.17, 15) is 4.79 Å². The molecule has 3 heteroatoms. The Morgan fingerprint density at radius 2 is 1.31 bits per heavy atom. The van der Waals surface area contributed by atoms with Gasteiger partial charge in [-0.3, -0.25) is 9.69 Å². The number of rotatable bonds is 6. The van der Waals surface area contributed by atoms with Gasteiger partial charge in [-0.05, 0) is 54.8 Å². The highest BCUT2D eigenvalue weighted by Crippen LogP contribution is 2.26. The Morgan fingerprint density at radius 1 is 0.759 bits per heavy atom. The third-order valence-electron chi connectivity index (χ3n) is 5.60. The van der Waals surface area contributed by atoms with Gasteiger partial charge in [-0.1, -0.05) is 79.2 Å². The monoisotopic (exact) mass is 384 g/mol. The first-order valence-corrected chi connectivity index (χ1v) is 10.5. The Labute approximate surface area is 173 Å². The zero-order chi connectivity index (χ0) is 19.9. The zero-order valence-electron chi connectivity index (χ0n) is 16.8. The van der Waals surface area contributed by atoms with E-state index in [2.05, 4.69) is 22.3 Å². The number of likely N-dealkylation sites (tertiary alicyclic amines) is 1. The van der Waals surface area contributed by atoms with E-state index >= 15 is 0 Å². The third kappa shape index (κ3) is 5.12. The van der Waals surface area contributed by atoms with Crippen molar-refractivity contribution < 1.29 is 4.79 Å². The molecule has 0 atom stereocenters. The van der Waals surface area contributed by atoms with E-state index in [1.165, 1.54) is 37.9 Å². The summed E-state index contributed by atoms with van der Waals surface area (Å²) in [6.07, 6.45) is 3.95. The summed E-state index contributed by atoms with van der Waals surface area (Å²) in [5, 5.41) is 3.12. The van der Waals surface area contributed by atoms with Gasteiger partial charge in [-0.15, -0.1) is 0 Å². The van der Waals surface area contributed by atoms with Crippen molar-refractivity contribution >= 4 is 11.6 Å². The van der Waals surface area contributed by atoms with Crippen LogP contribution in [0.3, 0.4) is 0 Å². The Morgan fingerprint density at radius 3 is 1.86 bits per heavy atom. The van der Waals surface area contributed by atoms with Crippen LogP contribution in [-0.2, 0) is 11.3 Å². The standard InChI is InChI=1S/C26H28N2O/c29-26(25(22-10-4-1-5-11-22)23-12-6-2-7-13-23)27-24-16-14-21(15-17-24)20-28-18-8-3-9-19-28/h1-2,4-7,10-17,25H,3,8-9,18-20H2,(H,27,29). The molecular formula is C26H28N2O. The molecule has 4 rings (SSSR count). The molecule has 148 valence electrons. The van der Waals surface area contributed by atoms with E-state index in [-0.39, 0.29) is 11.8 Å². The number of carbonyl (C=O) groups excluding carboxylic acids is 1. The van der Waals surface area contributed by atoms with Crippen molar-refractivity contribution in [2.75, 3.05) is 18.4 Å². The van der Waals surface area contributed by atoms with Crippen molar-refractivity contribution in [1.82, 2.24) is 4.90 Å². The van der Waals surface area contributed by atoms with Gasteiger partial charge < -0.3 is 5.32 Å². The number of hydrogen-bond donors (Lipinski definition) is 1. The molecule has 0 aromatic heterocycles. The Balaban J connectivity index is 1.47. The molecule has 1 saturated heterocycles. The first kappa shape index (κ1) is 19.4. The van der Waals surface area contributed by atoms with Crippen LogP contribution in [-0.4, -0.2) is 23.9 Å². The minimum absolute atomic E-state index is 0.00817. The van der Waals surface area contributed by atoms with Gasteiger partial charge in [0.15, 0.2) is 0 Å². The number of benzene rings is 3. The first-order valence-electron chi connectivity index (χ1n) is 10.5. The van der Waals surface area contributed by atoms with Gasteiger partial charge in [0.25, 0.3) is 0 Å². The second-order valence-corrected chi connectivity index (χ2v) is 7.78. The van der Waals surface area contributed by atoms with Gasteiger partial charge >= 0.3 is 0 Å². The third-order valence-corrected chi connectivity index (χ3v) is 5.60. The fourth-order valence-electron chi connectivity index (χ4n) is 4.07. The molecule has 1 amide bonds. The lowest BCUT2D eigenvalue weighted by Crippen LogP contribution is -2.29. The largest absolute Gasteiger partial charge is 0.325 e. The molecular weight excluding hydrogens is 356 g/mol. The molecule has 1 N–H and O–H groups in total. The topological polar surface area (TPSA) is 32.3 Å². The highest BCUT2D eigenvalue weighted by atomic mass is 16.1. The van der Waals surface area contributed by atoms with Crippen molar-refractivity contribution in [2.24, 2.45) is 0 Å². The second-order valence-electron chi connectivity index (χ2n) is 7.78. The number of piperidine rings is 1. The maximum absolute atomic E-state index is 13.2. The molecule has 3 aromatic carbocycles. The first-order chi connectivity index (χ1) is 14.3. The van der Waals surface area contributed by atoms with E-state index in [0.29, 0.717) is 0 Å². The summed E-state index contributed by atoms with van der Waals surface area (Å²) in [6, 6.07) is 28.2. The molecule has 29 heavy (non-hydrogen) atoms. The van der Waals surface area contributed by atoms with Crippen molar-refractivity contribution in [1.29, 1.82) is 0 Å². The highest BCUT2D eigenvalue weighted by Gasteiger charge is 2.22. The van der Waals surface area contributed by atoms with Gasteiger partial charge in [0.05, 0.1) is 5.92 Å². The summed E-state index contributed by atoms with van der Waals surface area (Å²) < 4.78 is 0. The van der Waals surface area contributed by atoms with Gasteiger partial charge in [0.2, 0.25) is 5.91 Å². The van der Waals surface area contributed by atoms with E-state index < -0.39 is 0 Å². The van der Waals surface area contributed by atoms with Crippen molar-refractivity contribution in [3.8, 4) is 0 Å². The average molecular weight is 385 g/mol. The molecule has 0 saturated carbocycles. The lowest BCUT2D eigenvalue weighted by atomic mass is 9.90. The van der Waals surface area contributed by atoms with Gasteiger partial charge in [0, 0.05) is 12.2 Å².